The maximum absolute atomic E-state index is 5.98. The lowest BCUT2D eigenvalue weighted by atomic mass is 9.80. The monoisotopic (exact) mass is 478 g/mol. The Morgan fingerprint density at radius 2 is 1.78 bits per heavy atom. The van der Waals surface area contributed by atoms with Crippen LogP contribution in [0.25, 0.3) is 0 Å². The lowest BCUT2D eigenvalue weighted by molar-refractivity contribution is 0.0367. The van der Waals surface area contributed by atoms with Crippen LogP contribution in [0.4, 0.5) is 0 Å². The highest BCUT2D eigenvalue weighted by molar-refractivity contribution is 7.98. The summed E-state index contributed by atoms with van der Waals surface area (Å²) in [4.78, 5) is 6.17. The second-order valence-corrected chi connectivity index (χ2v) is 11.8. The zero-order valence-corrected chi connectivity index (χ0v) is 22.2. The molecular formula is C25H42N4OS2. The van der Waals surface area contributed by atoms with Gasteiger partial charge in [-0.25, -0.2) is 0 Å². The summed E-state index contributed by atoms with van der Waals surface area (Å²) in [7, 11) is 0. The number of nitrogens with zero attached hydrogens (tertiary/aromatic N) is 2. The fraction of sp³-hybridized carbons (Fsp3) is 0.720. The van der Waals surface area contributed by atoms with Crippen molar-refractivity contribution in [2.75, 3.05) is 45.6 Å². The van der Waals surface area contributed by atoms with E-state index in [1.807, 2.05) is 0 Å². The topological polar surface area (TPSA) is 39.8 Å². The minimum atomic E-state index is 0.101. The number of rotatable bonds is 8. The molecule has 5 nitrogen and oxygen atoms in total. The molecule has 0 atom stereocenters. The Balaban J connectivity index is 1.63. The summed E-state index contributed by atoms with van der Waals surface area (Å²) >= 11 is 7.76. The van der Waals surface area contributed by atoms with E-state index in [4.69, 9.17) is 17.0 Å². The van der Waals surface area contributed by atoms with Gasteiger partial charge in [-0.3, -0.25) is 4.90 Å². The van der Waals surface area contributed by atoms with Gasteiger partial charge < -0.3 is 20.3 Å². The third-order valence-electron chi connectivity index (χ3n) is 6.34. The summed E-state index contributed by atoms with van der Waals surface area (Å²) < 4.78 is 5.49. The minimum absolute atomic E-state index is 0.101. The summed E-state index contributed by atoms with van der Waals surface area (Å²) in [6.45, 7) is 15.9. The van der Waals surface area contributed by atoms with Gasteiger partial charge >= 0.3 is 0 Å². The van der Waals surface area contributed by atoms with E-state index < -0.39 is 0 Å². The summed E-state index contributed by atoms with van der Waals surface area (Å²) in [6.07, 6.45) is 5.36. The van der Waals surface area contributed by atoms with Crippen LogP contribution in [0.2, 0.25) is 0 Å². The molecule has 2 saturated heterocycles. The first-order valence-corrected chi connectivity index (χ1v) is 13.6. The summed E-state index contributed by atoms with van der Waals surface area (Å²) in [5.74, 6) is 0. The van der Waals surface area contributed by atoms with Crippen LogP contribution in [-0.2, 0) is 11.3 Å². The SMILES string of the molecule is CSc1ccc(CN(CCCN2CCOCC2)C(=S)NC2CC(C)(C)NC(C)(C)C2)cc1. The number of morpholine rings is 1. The van der Waals surface area contributed by atoms with E-state index in [9.17, 15) is 0 Å². The molecule has 0 aromatic heterocycles. The number of hydrogen-bond acceptors (Lipinski definition) is 5. The second kappa shape index (κ2) is 11.5. The Morgan fingerprint density at radius 1 is 1.16 bits per heavy atom. The van der Waals surface area contributed by atoms with Crippen molar-refractivity contribution in [1.29, 1.82) is 0 Å². The van der Waals surface area contributed by atoms with Crippen LogP contribution in [0.15, 0.2) is 29.2 Å². The Labute approximate surface area is 205 Å². The van der Waals surface area contributed by atoms with E-state index in [0.29, 0.717) is 6.04 Å². The van der Waals surface area contributed by atoms with Gasteiger partial charge in [-0.05, 0) is 83.1 Å². The smallest absolute Gasteiger partial charge is 0.169 e. The van der Waals surface area contributed by atoms with Crippen molar-refractivity contribution in [1.82, 2.24) is 20.4 Å². The van der Waals surface area contributed by atoms with Gasteiger partial charge in [0.05, 0.1) is 13.2 Å². The zero-order valence-electron chi connectivity index (χ0n) is 20.6. The van der Waals surface area contributed by atoms with Crippen LogP contribution in [0.3, 0.4) is 0 Å². The number of ether oxygens (including phenoxy) is 1. The lowest BCUT2D eigenvalue weighted by Crippen LogP contribution is -2.62. The molecule has 0 saturated carbocycles. The lowest BCUT2D eigenvalue weighted by Gasteiger charge is -2.47. The quantitative estimate of drug-likeness (QED) is 0.430. The fourth-order valence-electron chi connectivity index (χ4n) is 5.20. The molecule has 0 spiro atoms. The van der Waals surface area contributed by atoms with Gasteiger partial charge in [-0.2, -0.15) is 0 Å². The van der Waals surface area contributed by atoms with Crippen LogP contribution in [0.1, 0.15) is 52.5 Å². The van der Waals surface area contributed by atoms with Crippen LogP contribution < -0.4 is 10.6 Å². The van der Waals surface area contributed by atoms with Crippen molar-refractivity contribution in [2.45, 2.75) is 75.5 Å². The molecule has 0 aliphatic carbocycles. The van der Waals surface area contributed by atoms with Gasteiger partial charge in [0, 0.05) is 54.7 Å². The highest BCUT2D eigenvalue weighted by atomic mass is 32.2. The second-order valence-electron chi connectivity index (χ2n) is 10.5. The number of hydrogen-bond donors (Lipinski definition) is 2. The van der Waals surface area contributed by atoms with Gasteiger partial charge in [0.1, 0.15) is 0 Å². The molecule has 0 amide bonds. The number of nitrogens with one attached hydrogen (secondary N) is 2. The van der Waals surface area contributed by atoms with Gasteiger partial charge in [-0.1, -0.05) is 12.1 Å². The molecule has 0 radical (unpaired) electrons. The van der Waals surface area contributed by atoms with Gasteiger partial charge in [0.15, 0.2) is 5.11 Å². The molecule has 3 rings (SSSR count). The molecule has 180 valence electrons. The third kappa shape index (κ3) is 8.17. The van der Waals surface area contributed by atoms with Crippen LogP contribution in [0.5, 0.6) is 0 Å². The standard InChI is InChI=1S/C25H42N4OS2/c1-24(2)17-21(18-25(3,4)27-24)26-23(31)29(12-6-11-28-13-15-30-16-14-28)19-20-7-9-22(32-5)10-8-20/h7-10,21,27H,6,11-19H2,1-5H3,(H,26,31). The number of thiocarbonyl (C=S) groups is 1. The average Bonchev–Trinajstić information content (AvgIpc) is 2.72. The third-order valence-corrected chi connectivity index (χ3v) is 7.46. The molecule has 2 heterocycles. The minimum Gasteiger partial charge on any atom is -0.379 e. The molecule has 1 aromatic rings. The summed E-state index contributed by atoms with van der Waals surface area (Å²) in [5.41, 5.74) is 1.51. The molecule has 0 unspecified atom stereocenters. The van der Waals surface area contributed by atoms with E-state index in [1.165, 1.54) is 10.5 Å². The predicted molar refractivity (Wildman–Crippen MR) is 141 cm³/mol. The number of benzene rings is 1. The highest BCUT2D eigenvalue weighted by Gasteiger charge is 2.38. The average molecular weight is 479 g/mol. The predicted octanol–water partition coefficient (Wildman–Crippen LogP) is 4.12. The van der Waals surface area contributed by atoms with Gasteiger partial charge in [-0.15, -0.1) is 11.8 Å². The van der Waals surface area contributed by atoms with Crippen molar-refractivity contribution >= 4 is 29.1 Å². The fourth-order valence-corrected chi connectivity index (χ4v) is 5.93. The van der Waals surface area contributed by atoms with Crippen molar-refractivity contribution < 1.29 is 4.74 Å². The van der Waals surface area contributed by atoms with Crippen molar-refractivity contribution in [3.8, 4) is 0 Å². The molecule has 7 heteroatoms. The molecule has 1 aromatic carbocycles. The van der Waals surface area contributed by atoms with Crippen molar-refractivity contribution in [3.63, 3.8) is 0 Å². The normalized spacial score (nSPS) is 21.3. The highest BCUT2D eigenvalue weighted by Crippen LogP contribution is 2.28. The maximum Gasteiger partial charge on any atom is 0.169 e. The molecule has 2 fully saturated rings. The summed E-state index contributed by atoms with van der Waals surface area (Å²) in [6, 6.07) is 9.27. The Bertz CT molecular complexity index is 716. The zero-order chi connectivity index (χ0) is 23.2. The first-order chi connectivity index (χ1) is 15.2. The van der Waals surface area contributed by atoms with E-state index in [2.05, 4.69) is 78.6 Å². The molecular weight excluding hydrogens is 436 g/mol. The maximum atomic E-state index is 5.98. The van der Waals surface area contributed by atoms with E-state index in [-0.39, 0.29) is 11.1 Å². The Hall–Kier alpha value is -0.860. The molecule has 2 aliphatic heterocycles. The summed E-state index contributed by atoms with van der Waals surface area (Å²) in [5, 5.41) is 8.40. The molecule has 0 bridgehead atoms. The van der Waals surface area contributed by atoms with E-state index in [1.54, 1.807) is 11.8 Å². The van der Waals surface area contributed by atoms with Gasteiger partial charge in [0.2, 0.25) is 0 Å². The van der Waals surface area contributed by atoms with Gasteiger partial charge in [0.25, 0.3) is 0 Å². The molecule has 2 aliphatic rings. The Kier molecular flexibility index (Phi) is 9.27. The van der Waals surface area contributed by atoms with Crippen molar-refractivity contribution in [2.24, 2.45) is 0 Å². The molecule has 32 heavy (non-hydrogen) atoms. The first-order valence-electron chi connectivity index (χ1n) is 11.9. The molecule has 2 N–H and O–H groups in total. The largest absolute Gasteiger partial charge is 0.379 e. The van der Waals surface area contributed by atoms with E-state index in [0.717, 1.165) is 70.3 Å². The van der Waals surface area contributed by atoms with Crippen LogP contribution in [0, 0.1) is 0 Å². The number of thioether (sulfide) groups is 1. The van der Waals surface area contributed by atoms with Crippen molar-refractivity contribution in [3.05, 3.63) is 29.8 Å². The van der Waals surface area contributed by atoms with Crippen LogP contribution >= 0.6 is 24.0 Å². The Morgan fingerprint density at radius 3 is 2.38 bits per heavy atom. The first kappa shape index (κ1) is 25.8. The number of piperidine rings is 1. The van der Waals surface area contributed by atoms with Crippen LogP contribution in [-0.4, -0.2) is 77.7 Å². The van der Waals surface area contributed by atoms with E-state index >= 15 is 0 Å².